The summed E-state index contributed by atoms with van der Waals surface area (Å²) in [5.74, 6) is -3.86. The molecule has 37 heavy (non-hydrogen) atoms. The molecule has 3 aromatic rings. The number of nitrogens with zero attached hydrogens (tertiary/aromatic N) is 4. The molecule has 0 spiro atoms. The summed E-state index contributed by atoms with van der Waals surface area (Å²) in [5.41, 5.74) is -0.0852. The third-order valence-electron chi connectivity index (χ3n) is 6.41. The number of methoxy groups -OCH3 is 1. The SMILES string of the molecule is CCOC(C)(C)c1cc(C[C@H]2O[C@H](CO)[C@H](O)[C@H](n3cc(-c4cc(F)c(F)c(F)c4)nn3)[C@H]2OC)on1. The molecule has 2 aromatic heterocycles. The van der Waals surface area contributed by atoms with Gasteiger partial charge < -0.3 is 28.9 Å². The van der Waals surface area contributed by atoms with Gasteiger partial charge in [0, 0.05) is 31.8 Å². The minimum atomic E-state index is -1.59. The first kappa shape index (κ1) is 27.2. The Labute approximate surface area is 210 Å². The van der Waals surface area contributed by atoms with Crippen molar-refractivity contribution in [3.63, 3.8) is 0 Å². The van der Waals surface area contributed by atoms with E-state index in [0.717, 1.165) is 12.1 Å². The number of aromatic nitrogens is 4. The van der Waals surface area contributed by atoms with Crippen LogP contribution in [-0.2, 0) is 26.2 Å². The lowest BCUT2D eigenvalue weighted by Gasteiger charge is -2.43. The molecule has 0 saturated carbocycles. The average molecular weight is 527 g/mol. The maximum atomic E-state index is 13.7. The Kier molecular flexibility index (Phi) is 7.99. The molecular formula is C24H29F3N4O6. The molecule has 4 rings (SSSR count). The van der Waals surface area contributed by atoms with Crippen molar-refractivity contribution in [3.8, 4) is 11.3 Å². The lowest BCUT2D eigenvalue weighted by atomic mass is 9.90. The molecule has 3 heterocycles. The molecule has 2 N–H and O–H groups in total. The van der Waals surface area contributed by atoms with Crippen LogP contribution in [0.25, 0.3) is 11.3 Å². The van der Waals surface area contributed by atoms with Crippen molar-refractivity contribution < 1.29 is 42.1 Å². The summed E-state index contributed by atoms with van der Waals surface area (Å²) < 4.78 is 65.0. The number of halogens is 3. The molecule has 0 bridgehead atoms. The van der Waals surface area contributed by atoms with Crippen LogP contribution >= 0.6 is 0 Å². The zero-order chi connectivity index (χ0) is 26.9. The molecule has 0 amide bonds. The molecule has 1 aliphatic heterocycles. The molecule has 13 heteroatoms. The van der Waals surface area contributed by atoms with Gasteiger partial charge in [-0.3, -0.25) is 0 Å². The largest absolute Gasteiger partial charge is 0.394 e. The summed E-state index contributed by atoms with van der Waals surface area (Å²) >= 11 is 0. The summed E-state index contributed by atoms with van der Waals surface area (Å²) in [7, 11) is 1.42. The highest BCUT2D eigenvalue weighted by atomic mass is 19.2. The van der Waals surface area contributed by atoms with Crippen molar-refractivity contribution in [1.82, 2.24) is 20.2 Å². The first-order valence-electron chi connectivity index (χ1n) is 11.7. The van der Waals surface area contributed by atoms with E-state index < -0.39 is 60.1 Å². The van der Waals surface area contributed by atoms with Crippen LogP contribution in [0.2, 0.25) is 0 Å². The van der Waals surface area contributed by atoms with E-state index in [-0.39, 0.29) is 17.7 Å². The van der Waals surface area contributed by atoms with Crippen molar-refractivity contribution in [2.75, 3.05) is 20.3 Å². The number of hydrogen-bond donors (Lipinski definition) is 2. The van der Waals surface area contributed by atoms with E-state index in [1.807, 2.05) is 20.8 Å². The highest BCUT2D eigenvalue weighted by Gasteiger charge is 2.47. The lowest BCUT2D eigenvalue weighted by molar-refractivity contribution is -0.212. The van der Waals surface area contributed by atoms with Crippen LogP contribution in [0.15, 0.2) is 28.9 Å². The van der Waals surface area contributed by atoms with Gasteiger partial charge in [-0.2, -0.15) is 0 Å². The number of hydrogen-bond acceptors (Lipinski definition) is 9. The quantitative estimate of drug-likeness (QED) is 0.405. The first-order chi connectivity index (χ1) is 17.6. The molecule has 1 aromatic carbocycles. The van der Waals surface area contributed by atoms with E-state index in [9.17, 15) is 23.4 Å². The highest BCUT2D eigenvalue weighted by Crippen LogP contribution is 2.35. The van der Waals surface area contributed by atoms with Gasteiger partial charge in [0.05, 0.1) is 18.9 Å². The summed E-state index contributed by atoms with van der Waals surface area (Å²) in [6, 6.07) is 2.43. The monoisotopic (exact) mass is 526 g/mol. The van der Waals surface area contributed by atoms with Crippen molar-refractivity contribution in [1.29, 1.82) is 0 Å². The van der Waals surface area contributed by atoms with Gasteiger partial charge in [0.2, 0.25) is 0 Å². The van der Waals surface area contributed by atoms with Gasteiger partial charge in [-0.15, -0.1) is 5.10 Å². The number of aliphatic hydroxyl groups excluding tert-OH is 2. The maximum Gasteiger partial charge on any atom is 0.194 e. The van der Waals surface area contributed by atoms with Gasteiger partial charge in [0.25, 0.3) is 0 Å². The third kappa shape index (κ3) is 5.41. The second-order valence-electron chi connectivity index (χ2n) is 9.24. The van der Waals surface area contributed by atoms with Crippen LogP contribution < -0.4 is 0 Å². The lowest BCUT2D eigenvalue weighted by Crippen LogP contribution is -2.57. The van der Waals surface area contributed by atoms with Gasteiger partial charge in [0.15, 0.2) is 17.5 Å². The van der Waals surface area contributed by atoms with Crippen LogP contribution in [0.4, 0.5) is 13.2 Å². The Balaban J connectivity index is 1.62. The predicted molar refractivity (Wildman–Crippen MR) is 122 cm³/mol. The average Bonchev–Trinajstić information content (AvgIpc) is 3.53. The van der Waals surface area contributed by atoms with Crippen LogP contribution in [-0.4, -0.2) is 75.1 Å². The Morgan fingerprint density at radius 1 is 1.14 bits per heavy atom. The van der Waals surface area contributed by atoms with Crippen molar-refractivity contribution >= 4 is 0 Å². The Morgan fingerprint density at radius 3 is 2.46 bits per heavy atom. The summed E-state index contributed by atoms with van der Waals surface area (Å²) in [4.78, 5) is 0. The number of benzene rings is 1. The zero-order valence-corrected chi connectivity index (χ0v) is 20.8. The minimum Gasteiger partial charge on any atom is -0.394 e. The Bertz CT molecular complexity index is 1200. The first-order valence-corrected chi connectivity index (χ1v) is 11.7. The van der Waals surface area contributed by atoms with Crippen LogP contribution in [0, 0.1) is 17.5 Å². The molecule has 5 atom stereocenters. The van der Waals surface area contributed by atoms with E-state index in [2.05, 4.69) is 15.5 Å². The van der Waals surface area contributed by atoms with E-state index in [1.54, 1.807) is 6.07 Å². The molecular weight excluding hydrogens is 497 g/mol. The number of rotatable bonds is 9. The maximum absolute atomic E-state index is 13.7. The molecule has 202 valence electrons. The summed E-state index contributed by atoms with van der Waals surface area (Å²) in [6.07, 6.45) is -2.26. The van der Waals surface area contributed by atoms with E-state index in [0.29, 0.717) is 18.1 Å². The fourth-order valence-electron chi connectivity index (χ4n) is 4.51. The fraction of sp³-hybridized carbons (Fsp3) is 0.542. The Morgan fingerprint density at radius 2 is 1.84 bits per heavy atom. The Hall–Kier alpha value is -2.84. The summed E-state index contributed by atoms with van der Waals surface area (Å²) in [6.45, 7) is 5.59. The number of ether oxygens (including phenoxy) is 3. The van der Waals surface area contributed by atoms with E-state index in [4.69, 9.17) is 18.7 Å². The molecule has 0 aliphatic carbocycles. The molecule has 1 saturated heterocycles. The molecule has 0 radical (unpaired) electrons. The highest BCUT2D eigenvalue weighted by molar-refractivity contribution is 5.57. The van der Waals surface area contributed by atoms with Gasteiger partial charge in [-0.1, -0.05) is 10.4 Å². The molecule has 1 fully saturated rings. The second kappa shape index (κ2) is 10.9. The van der Waals surface area contributed by atoms with Gasteiger partial charge in [-0.25, -0.2) is 17.9 Å². The van der Waals surface area contributed by atoms with Gasteiger partial charge >= 0.3 is 0 Å². The van der Waals surface area contributed by atoms with Crippen molar-refractivity contribution in [2.24, 2.45) is 0 Å². The molecule has 10 nitrogen and oxygen atoms in total. The van der Waals surface area contributed by atoms with Crippen LogP contribution in [0.5, 0.6) is 0 Å². The minimum absolute atomic E-state index is 0.0421. The van der Waals surface area contributed by atoms with Crippen molar-refractivity contribution in [3.05, 3.63) is 53.3 Å². The predicted octanol–water partition coefficient (Wildman–Crippen LogP) is 2.54. The molecule has 0 unspecified atom stereocenters. The van der Waals surface area contributed by atoms with Crippen molar-refractivity contribution in [2.45, 2.75) is 63.3 Å². The summed E-state index contributed by atoms with van der Waals surface area (Å²) in [5, 5.41) is 32.9. The normalized spacial score (nSPS) is 24.5. The zero-order valence-electron chi connectivity index (χ0n) is 20.8. The number of aliphatic hydroxyl groups is 2. The third-order valence-corrected chi connectivity index (χ3v) is 6.41. The molecule has 1 aliphatic rings. The van der Waals surface area contributed by atoms with E-state index >= 15 is 0 Å². The van der Waals surface area contributed by atoms with Gasteiger partial charge in [0.1, 0.15) is 47.1 Å². The van der Waals surface area contributed by atoms with Crippen LogP contribution in [0.3, 0.4) is 0 Å². The van der Waals surface area contributed by atoms with Crippen LogP contribution in [0.1, 0.15) is 38.3 Å². The second-order valence-corrected chi connectivity index (χ2v) is 9.24. The standard InChI is InChI=1S/C24H29F3N4O6/c1-5-35-24(2,3)19-9-13(37-29-19)8-17-23(34-4)21(22(33)18(11-32)36-17)31-10-16(28-30-31)12-6-14(25)20(27)15(26)7-12/h6-7,9-10,17-18,21-23,32-33H,5,8,11H2,1-4H3/t17-,18-,21+,22+,23+/m1/s1. The fourth-order valence-corrected chi connectivity index (χ4v) is 4.51. The van der Waals surface area contributed by atoms with Gasteiger partial charge in [-0.05, 0) is 32.9 Å². The topological polar surface area (TPSA) is 125 Å². The van der Waals surface area contributed by atoms with E-state index in [1.165, 1.54) is 18.0 Å². The smallest absolute Gasteiger partial charge is 0.194 e.